The fourth-order valence-electron chi connectivity index (χ4n) is 3.42. The van der Waals surface area contributed by atoms with E-state index in [2.05, 4.69) is 6.92 Å². The third kappa shape index (κ3) is 7.43. The van der Waals surface area contributed by atoms with Crippen LogP contribution in [0.2, 0.25) is 0 Å². The average molecular weight is 369 g/mol. The smallest absolute Gasteiger partial charge is 0.241 e. The second-order valence-electron chi connectivity index (χ2n) is 7.31. The van der Waals surface area contributed by atoms with Gasteiger partial charge in [0.1, 0.15) is 5.92 Å². The van der Waals surface area contributed by atoms with Gasteiger partial charge in [-0.3, -0.25) is 19.4 Å². The maximum absolute atomic E-state index is 12.2. The van der Waals surface area contributed by atoms with Gasteiger partial charge >= 0.3 is 0 Å². The Hall–Kier alpha value is -0.970. The lowest BCUT2D eigenvalue weighted by molar-refractivity contribution is -0.145. The highest BCUT2D eigenvalue weighted by atomic mass is 32.1. The maximum atomic E-state index is 12.2. The standard InChI is InChI=1S/C20H36N2O2S/c1-4-5-6-7-8-9-10-11-12-13-14-15-16-17-18(23)21(2)20(25)22(3)19(17)24/h17H,4-16H2,1-3H3. The highest BCUT2D eigenvalue weighted by molar-refractivity contribution is 7.80. The van der Waals surface area contributed by atoms with Crippen molar-refractivity contribution in [2.75, 3.05) is 14.1 Å². The minimum atomic E-state index is -0.537. The summed E-state index contributed by atoms with van der Waals surface area (Å²) in [5.74, 6) is -0.822. The summed E-state index contributed by atoms with van der Waals surface area (Å²) in [7, 11) is 3.31. The number of carbonyl (C=O) groups is 2. The van der Waals surface area contributed by atoms with Gasteiger partial charge in [-0.05, 0) is 18.6 Å². The number of hydrogen-bond donors (Lipinski definition) is 0. The van der Waals surface area contributed by atoms with E-state index in [1.807, 2.05) is 0 Å². The molecule has 2 amide bonds. The lowest BCUT2D eigenvalue weighted by Crippen LogP contribution is -2.56. The highest BCUT2D eigenvalue weighted by Crippen LogP contribution is 2.21. The quantitative estimate of drug-likeness (QED) is 0.263. The Morgan fingerprint density at radius 3 is 1.48 bits per heavy atom. The van der Waals surface area contributed by atoms with Crippen LogP contribution in [0, 0.1) is 5.92 Å². The molecule has 0 unspecified atom stereocenters. The molecule has 0 aromatic rings. The Morgan fingerprint density at radius 1 is 0.720 bits per heavy atom. The molecule has 25 heavy (non-hydrogen) atoms. The summed E-state index contributed by atoms with van der Waals surface area (Å²) in [5.41, 5.74) is 0. The number of rotatable bonds is 13. The van der Waals surface area contributed by atoms with Gasteiger partial charge in [0.15, 0.2) is 5.11 Å². The van der Waals surface area contributed by atoms with Crippen LogP contribution in [0.1, 0.15) is 90.4 Å². The van der Waals surface area contributed by atoms with Gasteiger partial charge in [-0.2, -0.15) is 0 Å². The van der Waals surface area contributed by atoms with E-state index in [0.717, 1.165) is 12.8 Å². The van der Waals surface area contributed by atoms with Gasteiger partial charge in [0, 0.05) is 14.1 Å². The van der Waals surface area contributed by atoms with E-state index in [0.29, 0.717) is 11.5 Å². The van der Waals surface area contributed by atoms with Gasteiger partial charge < -0.3 is 0 Å². The van der Waals surface area contributed by atoms with Crippen molar-refractivity contribution in [1.29, 1.82) is 0 Å². The normalized spacial score (nSPS) is 16.2. The van der Waals surface area contributed by atoms with Gasteiger partial charge in [0.25, 0.3) is 0 Å². The van der Waals surface area contributed by atoms with Crippen molar-refractivity contribution >= 4 is 29.1 Å². The lowest BCUT2D eigenvalue weighted by Gasteiger charge is -2.35. The van der Waals surface area contributed by atoms with Gasteiger partial charge in [-0.25, -0.2) is 0 Å². The number of amides is 2. The van der Waals surface area contributed by atoms with Crippen molar-refractivity contribution in [3.63, 3.8) is 0 Å². The van der Waals surface area contributed by atoms with Crippen LogP contribution >= 0.6 is 12.2 Å². The van der Waals surface area contributed by atoms with Crippen molar-refractivity contribution in [2.24, 2.45) is 5.92 Å². The van der Waals surface area contributed by atoms with Crippen molar-refractivity contribution in [3.05, 3.63) is 0 Å². The van der Waals surface area contributed by atoms with Crippen molar-refractivity contribution in [2.45, 2.75) is 90.4 Å². The van der Waals surface area contributed by atoms with E-state index in [4.69, 9.17) is 12.2 Å². The maximum Gasteiger partial charge on any atom is 0.241 e. The molecule has 0 radical (unpaired) electrons. The van der Waals surface area contributed by atoms with Crippen LogP contribution in [0.3, 0.4) is 0 Å². The van der Waals surface area contributed by atoms with E-state index in [9.17, 15) is 9.59 Å². The first kappa shape index (κ1) is 22.1. The highest BCUT2D eigenvalue weighted by Gasteiger charge is 2.39. The summed E-state index contributed by atoms with van der Waals surface area (Å²) < 4.78 is 0. The topological polar surface area (TPSA) is 40.6 Å². The number of hydrogen-bond acceptors (Lipinski definition) is 3. The van der Waals surface area contributed by atoms with Crippen LogP contribution in [0.15, 0.2) is 0 Å². The van der Waals surface area contributed by atoms with Crippen LogP contribution in [0.5, 0.6) is 0 Å². The van der Waals surface area contributed by atoms with Crippen LogP contribution in [0.4, 0.5) is 0 Å². The van der Waals surface area contributed by atoms with E-state index in [1.165, 1.54) is 74.0 Å². The van der Waals surface area contributed by atoms with E-state index < -0.39 is 5.92 Å². The van der Waals surface area contributed by atoms with Gasteiger partial charge in [0.05, 0.1) is 0 Å². The molecule has 0 aromatic heterocycles. The van der Waals surface area contributed by atoms with Crippen LogP contribution in [-0.4, -0.2) is 40.8 Å². The number of nitrogens with zero attached hydrogens (tertiary/aromatic N) is 2. The minimum Gasteiger partial charge on any atom is -0.291 e. The van der Waals surface area contributed by atoms with Crippen LogP contribution < -0.4 is 0 Å². The molecule has 0 aliphatic carbocycles. The third-order valence-electron chi connectivity index (χ3n) is 5.18. The predicted octanol–water partition coefficient (Wildman–Crippen LogP) is 4.91. The molecule has 0 N–H and O–H groups in total. The summed E-state index contributed by atoms with van der Waals surface area (Å²) in [6.45, 7) is 2.26. The molecule has 1 saturated heterocycles. The van der Waals surface area contributed by atoms with Gasteiger partial charge in [-0.15, -0.1) is 0 Å². The molecule has 1 aliphatic rings. The zero-order valence-electron chi connectivity index (χ0n) is 16.4. The van der Waals surface area contributed by atoms with Gasteiger partial charge in [0.2, 0.25) is 11.8 Å². The molecule has 0 bridgehead atoms. The fraction of sp³-hybridized carbons (Fsp3) is 0.850. The number of unbranched alkanes of at least 4 members (excludes halogenated alkanes) is 11. The predicted molar refractivity (Wildman–Crippen MR) is 107 cm³/mol. The second kappa shape index (κ2) is 12.4. The largest absolute Gasteiger partial charge is 0.291 e. The van der Waals surface area contributed by atoms with Crippen LogP contribution in [-0.2, 0) is 9.59 Å². The Labute approximate surface area is 159 Å². The average Bonchev–Trinajstić information content (AvgIpc) is 2.61. The van der Waals surface area contributed by atoms with E-state index in [1.54, 1.807) is 14.1 Å². The molecule has 0 saturated carbocycles. The SMILES string of the molecule is CCCCCCCCCCCCCCC1C(=O)N(C)C(=S)N(C)C1=O. The molecular weight excluding hydrogens is 332 g/mol. The Kier molecular flexibility index (Phi) is 10.9. The number of thiocarbonyl (C=S) groups is 1. The van der Waals surface area contributed by atoms with Gasteiger partial charge in [-0.1, -0.05) is 84.0 Å². The lowest BCUT2D eigenvalue weighted by atomic mass is 9.96. The summed E-state index contributed by atoms with van der Waals surface area (Å²) in [5, 5.41) is 0.306. The Bertz CT molecular complexity index is 415. The first-order valence-electron chi connectivity index (χ1n) is 10.1. The Morgan fingerprint density at radius 2 is 1.08 bits per heavy atom. The second-order valence-corrected chi connectivity index (χ2v) is 7.67. The molecule has 1 aliphatic heterocycles. The number of carbonyl (C=O) groups excluding carboxylic acids is 2. The zero-order valence-corrected chi connectivity index (χ0v) is 17.2. The summed E-state index contributed by atoms with van der Waals surface area (Å²) in [6.07, 6.45) is 16.1. The molecule has 5 heteroatoms. The molecule has 4 nitrogen and oxygen atoms in total. The third-order valence-corrected chi connectivity index (χ3v) is 5.73. The summed E-state index contributed by atoms with van der Waals surface area (Å²) in [4.78, 5) is 27.3. The molecular formula is C20H36N2O2S. The monoisotopic (exact) mass is 368 g/mol. The zero-order chi connectivity index (χ0) is 18.7. The first-order chi connectivity index (χ1) is 12.0. The Balaban J connectivity index is 2.05. The summed E-state index contributed by atoms with van der Waals surface area (Å²) >= 11 is 5.10. The minimum absolute atomic E-state index is 0.142. The van der Waals surface area contributed by atoms with E-state index in [-0.39, 0.29) is 11.8 Å². The van der Waals surface area contributed by atoms with Crippen molar-refractivity contribution in [1.82, 2.24) is 9.80 Å². The fourth-order valence-corrected chi connectivity index (χ4v) is 3.60. The van der Waals surface area contributed by atoms with Crippen LogP contribution in [0.25, 0.3) is 0 Å². The molecule has 144 valence electrons. The summed E-state index contributed by atoms with van der Waals surface area (Å²) in [6, 6.07) is 0. The first-order valence-corrected chi connectivity index (χ1v) is 10.5. The van der Waals surface area contributed by atoms with E-state index >= 15 is 0 Å². The molecule has 0 atom stereocenters. The molecule has 1 heterocycles. The molecule has 0 spiro atoms. The molecule has 1 rings (SSSR count). The molecule has 1 fully saturated rings. The molecule has 0 aromatic carbocycles. The van der Waals surface area contributed by atoms with Crippen molar-refractivity contribution < 1.29 is 9.59 Å². The van der Waals surface area contributed by atoms with Crippen molar-refractivity contribution in [3.8, 4) is 0 Å².